The van der Waals surface area contributed by atoms with Crippen LogP contribution in [0.4, 0.5) is 0 Å². The second kappa shape index (κ2) is 9.02. The number of amides is 2. The molecular weight excluding hydrogens is 254 g/mol. The molecule has 0 saturated heterocycles. The van der Waals surface area contributed by atoms with Crippen LogP contribution in [0.1, 0.15) is 61.8 Å². The minimum atomic E-state index is -0.373. The highest BCUT2D eigenvalue weighted by atomic mass is 16.2. The molecule has 0 aliphatic carbocycles. The van der Waals surface area contributed by atoms with Gasteiger partial charge in [0.1, 0.15) is 0 Å². The molecule has 0 saturated carbocycles. The summed E-state index contributed by atoms with van der Waals surface area (Å²) in [5.74, 6) is -0.862. The van der Waals surface area contributed by atoms with Crippen LogP contribution in [0, 0.1) is 0 Å². The lowest BCUT2D eigenvalue weighted by atomic mass is 10.1. The number of carbonyl (C=O) groups excluding carboxylic acids is 3. The largest absolute Gasteiger partial charge is 0.298 e. The lowest BCUT2D eigenvalue weighted by Crippen LogP contribution is -2.34. The topological polar surface area (TPSA) is 54.5 Å². The maximum absolute atomic E-state index is 11.8. The Morgan fingerprint density at radius 2 is 1.35 bits per heavy atom. The van der Waals surface area contributed by atoms with Gasteiger partial charge in [0, 0.05) is 6.42 Å². The number of nitrogens with zero attached hydrogens (tertiary/aromatic N) is 1. The van der Waals surface area contributed by atoms with Gasteiger partial charge in [-0.15, -0.1) is 0 Å². The van der Waals surface area contributed by atoms with E-state index in [2.05, 4.69) is 0 Å². The molecule has 0 atom stereocenters. The van der Waals surface area contributed by atoms with Gasteiger partial charge in [0.15, 0.2) is 5.78 Å². The molecule has 0 aromatic heterocycles. The van der Waals surface area contributed by atoms with Crippen LogP contribution in [0.25, 0.3) is 0 Å². The molecule has 0 spiro atoms. The van der Waals surface area contributed by atoms with E-state index in [-0.39, 0.29) is 24.1 Å². The quantitative estimate of drug-likeness (QED) is 0.796. The van der Waals surface area contributed by atoms with Gasteiger partial charge in [0.2, 0.25) is 0 Å². The third-order valence-corrected chi connectivity index (χ3v) is 2.61. The molecule has 1 aromatic rings. The lowest BCUT2D eigenvalue weighted by molar-refractivity contribution is -0.119. The van der Waals surface area contributed by atoms with Gasteiger partial charge in [-0.25, -0.2) is 0 Å². The molecular formula is C16H23NO3. The molecule has 1 aliphatic heterocycles. The van der Waals surface area contributed by atoms with Crippen LogP contribution in [0.15, 0.2) is 24.3 Å². The Balaban J connectivity index is 0.000000829. The van der Waals surface area contributed by atoms with Crippen LogP contribution >= 0.6 is 0 Å². The van der Waals surface area contributed by atoms with E-state index in [0.29, 0.717) is 17.5 Å². The van der Waals surface area contributed by atoms with Gasteiger partial charge in [-0.05, 0) is 12.1 Å². The Hall–Kier alpha value is -1.97. The number of benzene rings is 1. The van der Waals surface area contributed by atoms with Crippen molar-refractivity contribution in [2.45, 2.75) is 41.0 Å². The first kappa shape index (κ1) is 18.0. The van der Waals surface area contributed by atoms with Crippen molar-refractivity contribution in [1.29, 1.82) is 0 Å². The SMILES string of the molecule is CC.CC.CCC(=O)CN1C(=O)c2ccccc2C1=O. The highest BCUT2D eigenvalue weighted by Crippen LogP contribution is 2.22. The number of rotatable bonds is 3. The van der Waals surface area contributed by atoms with E-state index < -0.39 is 0 Å². The summed E-state index contributed by atoms with van der Waals surface area (Å²) in [5.41, 5.74) is 0.771. The maximum atomic E-state index is 11.8. The molecule has 1 aromatic carbocycles. The van der Waals surface area contributed by atoms with Crippen LogP contribution < -0.4 is 0 Å². The van der Waals surface area contributed by atoms with Crippen molar-refractivity contribution in [2.24, 2.45) is 0 Å². The van der Waals surface area contributed by atoms with Crippen molar-refractivity contribution >= 4 is 17.6 Å². The van der Waals surface area contributed by atoms with Gasteiger partial charge >= 0.3 is 0 Å². The normalized spacial score (nSPS) is 11.9. The molecule has 4 nitrogen and oxygen atoms in total. The van der Waals surface area contributed by atoms with Gasteiger partial charge in [-0.2, -0.15) is 0 Å². The number of Topliss-reactive ketones (excluding diaryl/α,β-unsaturated/α-hetero) is 1. The smallest absolute Gasteiger partial charge is 0.261 e. The lowest BCUT2D eigenvalue weighted by Gasteiger charge is -2.11. The van der Waals surface area contributed by atoms with Crippen molar-refractivity contribution < 1.29 is 14.4 Å². The van der Waals surface area contributed by atoms with Crippen LogP contribution in [0.2, 0.25) is 0 Å². The molecule has 0 unspecified atom stereocenters. The van der Waals surface area contributed by atoms with Crippen LogP contribution in [-0.2, 0) is 4.79 Å². The Bertz CT molecular complexity index is 445. The highest BCUT2D eigenvalue weighted by molar-refractivity contribution is 6.22. The zero-order valence-electron chi connectivity index (χ0n) is 12.9. The fraction of sp³-hybridized carbons (Fsp3) is 0.438. The number of hydrogen-bond donors (Lipinski definition) is 0. The number of fused-ring (bicyclic) bond motifs is 1. The number of imide groups is 1. The summed E-state index contributed by atoms with van der Waals surface area (Å²) in [5, 5.41) is 0. The van der Waals surface area contributed by atoms with Gasteiger partial charge < -0.3 is 0 Å². The first-order chi connectivity index (χ1) is 9.65. The summed E-state index contributed by atoms with van der Waals surface area (Å²) in [6.07, 6.45) is 0.327. The summed E-state index contributed by atoms with van der Waals surface area (Å²) in [6.45, 7) is 9.59. The molecule has 0 radical (unpaired) electrons. The van der Waals surface area contributed by atoms with E-state index in [1.807, 2.05) is 27.7 Å². The van der Waals surface area contributed by atoms with Crippen molar-refractivity contribution in [3.63, 3.8) is 0 Å². The molecule has 110 valence electrons. The third kappa shape index (κ3) is 3.76. The zero-order chi connectivity index (χ0) is 15.7. The predicted octanol–water partition coefficient (Wildman–Crippen LogP) is 3.31. The number of carbonyl (C=O) groups is 3. The molecule has 0 fully saturated rings. The molecule has 1 aliphatic rings. The van der Waals surface area contributed by atoms with Crippen molar-refractivity contribution in [3.8, 4) is 0 Å². The Kier molecular flexibility index (Phi) is 8.13. The summed E-state index contributed by atoms with van der Waals surface area (Å²) >= 11 is 0. The van der Waals surface area contributed by atoms with E-state index in [4.69, 9.17) is 0 Å². The monoisotopic (exact) mass is 277 g/mol. The van der Waals surface area contributed by atoms with E-state index in [9.17, 15) is 14.4 Å². The van der Waals surface area contributed by atoms with Crippen LogP contribution in [0.3, 0.4) is 0 Å². The Labute approximate surface area is 120 Å². The fourth-order valence-corrected chi connectivity index (χ4v) is 1.67. The summed E-state index contributed by atoms with van der Waals surface area (Å²) in [4.78, 5) is 35.9. The minimum absolute atomic E-state index is 0.116. The first-order valence-corrected chi connectivity index (χ1v) is 7.12. The molecule has 0 N–H and O–H groups in total. The molecule has 0 bridgehead atoms. The van der Waals surface area contributed by atoms with Gasteiger partial charge in [0.05, 0.1) is 17.7 Å². The zero-order valence-corrected chi connectivity index (χ0v) is 12.9. The van der Waals surface area contributed by atoms with Crippen LogP contribution in [0.5, 0.6) is 0 Å². The first-order valence-electron chi connectivity index (χ1n) is 7.12. The highest BCUT2D eigenvalue weighted by Gasteiger charge is 2.35. The van der Waals surface area contributed by atoms with Crippen molar-refractivity contribution in [2.75, 3.05) is 6.54 Å². The van der Waals surface area contributed by atoms with Gasteiger partial charge in [-0.1, -0.05) is 46.8 Å². The van der Waals surface area contributed by atoms with E-state index >= 15 is 0 Å². The molecule has 2 rings (SSSR count). The van der Waals surface area contributed by atoms with Crippen LogP contribution in [-0.4, -0.2) is 29.0 Å². The molecule has 4 heteroatoms. The molecule has 1 heterocycles. The van der Waals surface area contributed by atoms with Crippen molar-refractivity contribution in [3.05, 3.63) is 35.4 Å². The molecule has 20 heavy (non-hydrogen) atoms. The average molecular weight is 277 g/mol. The summed E-state index contributed by atoms with van der Waals surface area (Å²) < 4.78 is 0. The summed E-state index contributed by atoms with van der Waals surface area (Å²) in [7, 11) is 0. The Morgan fingerprint density at radius 1 is 0.950 bits per heavy atom. The van der Waals surface area contributed by atoms with E-state index in [1.54, 1.807) is 31.2 Å². The number of ketones is 1. The average Bonchev–Trinajstić information content (AvgIpc) is 2.76. The van der Waals surface area contributed by atoms with E-state index in [0.717, 1.165) is 4.90 Å². The minimum Gasteiger partial charge on any atom is -0.298 e. The number of hydrogen-bond acceptors (Lipinski definition) is 3. The van der Waals surface area contributed by atoms with Crippen molar-refractivity contribution in [1.82, 2.24) is 4.90 Å². The third-order valence-electron chi connectivity index (χ3n) is 2.61. The van der Waals surface area contributed by atoms with Gasteiger partial charge in [-0.3, -0.25) is 19.3 Å². The predicted molar refractivity (Wildman–Crippen MR) is 79.8 cm³/mol. The second-order valence-corrected chi connectivity index (χ2v) is 3.63. The standard InChI is InChI=1S/C12H11NO3.2C2H6/c1-2-8(14)7-13-11(15)9-5-3-4-6-10(9)12(13)16;2*1-2/h3-6H,2,7H2,1H3;2*1-2H3. The second-order valence-electron chi connectivity index (χ2n) is 3.63. The maximum Gasteiger partial charge on any atom is 0.261 e. The summed E-state index contributed by atoms with van der Waals surface area (Å²) in [6, 6.07) is 6.61. The molecule has 2 amide bonds. The Morgan fingerprint density at radius 3 is 1.70 bits per heavy atom. The van der Waals surface area contributed by atoms with E-state index in [1.165, 1.54) is 0 Å². The fourth-order valence-electron chi connectivity index (χ4n) is 1.67. The van der Waals surface area contributed by atoms with Gasteiger partial charge in [0.25, 0.3) is 11.8 Å².